The van der Waals surface area contributed by atoms with E-state index in [1.807, 2.05) is 19.9 Å². The Labute approximate surface area is 160 Å². The molecule has 0 saturated heterocycles. The Balaban J connectivity index is 2.16. The van der Waals surface area contributed by atoms with Crippen LogP contribution in [0.3, 0.4) is 0 Å². The van der Waals surface area contributed by atoms with E-state index in [9.17, 15) is 17.6 Å². The maximum Gasteiger partial charge on any atom is 0.241 e. The Morgan fingerprint density at radius 2 is 1.63 bits per heavy atom. The van der Waals surface area contributed by atoms with Crippen molar-refractivity contribution in [2.24, 2.45) is 0 Å². The van der Waals surface area contributed by atoms with Gasteiger partial charge in [-0.1, -0.05) is 24.3 Å². The van der Waals surface area contributed by atoms with E-state index in [4.69, 9.17) is 0 Å². The van der Waals surface area contributed by atoms with E-state index in [0.717, 1.165) is 11.1 Å². The molecule has 0 aliphatic carbocycles. The Bertz CT molecular complexity index is 945. The third kappa shape index (κ3) is 4.73. The van der Waals surface area contributed by atoms with Crippen LogP contribution >= 0.6 is 0 Å². The summed E-state index contributed by atoms with van der Waals surface area (Å²) in [4.78, 5) is 12.5. The van der Waals surface area contributed by atoms with Crippen LogP contribution in [-0.4, -0.2) is 20.4 Å². The van der Waals surface area contributed by atoms with Crippen LogP contribution in [0.25, 0.3) is 0 Å². The van der Waals surface area contributed by atoms with Crippen molar-refractivity contribution >= 4 is 15.9 Å². The zero-order chi connectivity index (χ0) is 20.4. The summed E-state index contributed by atoms with van der Waals surface area (Å²) in [5, 5.41) is 2.56. The molecule has 27 heavy (non-hydrogen) atoms. The number of nitrogens with one attached hydrogen (secondary N) is 2. The summed E-state index contributed by atoms with van der Waals surface area (Å²) < 4.78 is 41.8. The Kier molecular flexibility index (Phi) is 6.38. The van der Waals surface area contributed by atoms with Crippen molar-refractivity contribution in [1.29, 1.82) is 0 Å². The molecule has 2 aromatic rings. The summed E-state index contributed by atoms with van der Waals surface area (Å²) >= 11 is 0. The number of amides is 1. The third-order valence-corrected chi connectivity index (χ3v) is 6.52. The molecule has 0 aliphatic heterocycles. The molecule has 0 bridgehead atoms. The van der Waals surface area contributed by atoms with E-state index in [1.54, 1.807) is 32.0 Å². The average molecular weight is 392 g/mol. The van der Waals surface area contributed by atoms with Crippen molar-refractivity contribution in [2.45, 2.75) is 52.1 Å². The smallest absolute Gasteiger partial charge is 0.241 e. The molecule has 0 aromatic heterocycles. The van der Waals surface area contributed by atoms with Gasteiger partial charge in [-0.25, -0.2) is 12.8 Å². The summed E-state index contributed by atoms with van der Waals surface area (Å²) in [7, 11) is -3.89. The summed E-state index contributed by atoms with van der Waals surface area (Å²) in [5.41, 5.74) is 3.39. The van der Waals surface area contributed by atoms with Gasteiger partial charge >= 0.3 is 0 Å². The predicted octanol–water partition coefficient (Wildman–Crippen LogP) is 3.04. The number of carbonyl (C=O) groups excluding carboxylic acids is 1. The van der Waals surface area contributed by atoms with Crippen molar-refractivity contribution in [2.75, 3.05) is 0 Å². The molecule has 2 aromatic carbocycles. The van der Waals surface area contributed by atoms with Gasteiger partial charge < -0.3 is 5.32 Å². The molecule has 0 spiro atoms. The monoisotopic (exact) mass is 392 g/mol. The van der Waals surface area contributed by atoms with Crippen LogP contribution in [-0.2, 0) is 21.4 Å². The molecule has 2 N–H and O–H groups in total. The molecule has 0 saturated carbocycles. The van der Waals surface area contributed by atoms with Gasteiger partial charge in [0.1, 0.15) is 5.82 Å². The van der Waals surface area contributed by atoms with Crippen molar-refractivity contribution in [3.63, 3.8) is 0 Å². The molecule has 7 heteroatoms. The number of hydrogen-bond donors (Lipinski definition) is 2. The molecule has 5 nitrogen and oxygen atoms in total. The summed E-state index contributed by atoms with van der Waals surface area (Å²) in [6.45, 7) is 8.65. The Morgan fingerprint density at radius 3 is 2.19 bits per heavy atom. The van der Waals surface area contributed by atoms with Crippen LogP contribution in [0.5, 0.6) is 0 Å². The number of aryl methyl sites for hydroxylation is 2. The van der Waals surface area contributed by atoms with E-state index >= 15 is 0 Å². The van der Waals surface area contributed by atoms with Crippen molar-refractivity contribution < 1.29 is 17.6 Å². The largest absolute Gasteiger partial charge is 0.351 e. The van der Waals surface area contributed by atoms with Crippen LogP contribution in [0.1, 0.15) is 34.7 Å². The van der Waals surface area contributed by atoms with Gasteiger partial charge in [0.05, 0.1) is 10.9 Å². The van der Waals surface area contributed by atoms with Gasteiger partial charge in [-0.3, -0.25) is 4.79 Å². The second kappa shape index (κ2) is 8.19. The van der Waals surface area contributed by atoms with Crippen molar-refractivity contribution in [3.05, 3.63) is 64.0 Å². The SMILES string of the molecule is Cc1cc(C)c(C)c(S(=O)(=O)NC(C)C(=O)NCc2ccccc2F)c1C. The second-order valence-electron chi connectivity index (χ2n) is 6.74. The lowest BCUT2D eigenvalue weighted by Crippen LogP contribution is -2.44. The molecule has 2 rings (SSSR count). The quantitative estimate of drug-likeness (QED) is 0.793. The molecule has 0 heterocycles. The van der Waals surface area contributed by atoms with Gasteiger partial charge in [-0.2, -0.15) is 4.72 Å². The van der Waals surface area contributed by atoms with Crippen LogP contribution in [0.2, 0.25) is 0 Å². The van der Waals surface area contributed by atoms with Crippen LogP contribution in [0, 0.1) is 33.5 Å². The Hall–Kier alpha value is -2.25. The fourth-order valence-electron chi connectivity index (χ4n) is 2.91. The zero-order valence-electron chi connectivity index (χ0n) is 16.2. The molecule has 0 aliphatic rings. The fraction of sp³-hybridized carbons (Fsp3) is 0.350. The van der Waals surface area contributed by atoms with E-state index in [-0.39, 0.29) is 11.4 Å². The number of carbonyl (C=O) groups is 1. The number of benzene rings is 2. The fourth-order valence-corrected chi connectivity index (χ4v) is 4.72. The number of rotatable bonds is 6. The molecule has 1 amide bonds. The topological polar surface area (TPSA) is 75.3 Å². The standard InChI is InChI=1S/C20H25FN2O3S/c1-12-10-13(2)15(4)19(14(12)3)27(25,26)23-16(5)20(24)22-11-17-8-6-7-9-18(17)21/h6-10,16,23H,11H2,1-5H3,(H,22,24). The number of sulfonamides is 1. The maximum absolute atomic E-state index is 13.6. The highest BCUT2D eigenvalue weighted by molar-refractivity contribution is 7.89. The lowest BCUT2D eigenvalue weighted by Gasteiger charge is -2.19. The maximum atomic E-state index is 13.6. The lowest BCUT2D eigenvalue weighted by atomic mass is 10.0. The summed E-state index contributed by atoms with van der Waals surface area (Å²) in [5.74, 6) is -0.950. The molecular formula is C20H25FN2O3S. The first-order valence-corrected chi connectivity index (χ1v) is 10.1. The van der Waals surface area contributed by atoms with Gasteiger partial charge in [0.15, 0.2) is 0 Å². The lowest BCUT2D eigenvalue weighted by molar-refractivity contribution is -0.122. The van der Waals surface area contributed by atoms with Gasteiger partial charge in [-0.15, -0.1) is 0 Å². The minimum Gasteiger partial charge on any atom is -0.351 e. The predicted molar refractivity (Wildman–Crippen MR) is 103 cm³/mol. The summed E-state index contributed by atoms with van der Waals surface area (Å²) in [6.07, 6.45) is 0. The van der Waals surface area contributed by atoms with Gasteiger partial charge in [0.2, 0.25) is 15.9 Å². The first-order chi connectivity index (χ1) is 12.5. The van der Waals surface area contributed by atoms with Crippen LogP contribution < -0.4 is 10.0 Å². The average Bonchev–Trinajstić information content (AvgIpc) is 2.58. The normalized spacial score (nSPS) is 12.7. The Morgan fingerprint density at radius 1 is 1.07 bits per heavy atom. The zero-order valence-corrected chi connectivity index (χ0v) is 17.0. The van der Waals surface area contributed by atoms with E-state index < -0.39 is 27.8 Å². The highest BCUT2D eigenvalue weighted by Gasteiger charge is 2.26. The molecule has 1 atom stereocenters. The highest BCUT2D eigenvalue weighted by atomic mass is 32.2. The first kappa shape index (κ1) is 21.1. The van der Waals surface area contributed by atoms with Crippen LogP contribution in [0.4, 0.5) is 4.39 Å². The van der Waals surface area contributed by atoms with Gasteiger partial charge in [0.25, 0.3) is 0 Å². The van der Waals surface area contributed by atoms with Crippen molar-refractivity contribution in [1.82, 2.24) is 10.0 Å². The molecule has 0 radical (unpaired) electrons. The number of hydrogen-bond acceptors (Lipinski definition) is 3. The molecule has 1 unspecified atom stereocenters. The van der Waals surface area contributed by atoms with Crippen molar-refractivity contribution in [3.8, 4) is 0 Å². The third-order valence-electron chi connectivity index (χ3n) is 4.70. The van der Waals surface area contributed by atoms with E-state index in [2.05, 4.69) is 10.0 Å². The van der Waals surface area contributed by atoms with Gasteiger partial charge in [-0.05, 0) is 62.9 Å². The van der Waals surface area contributed by atoms with Gasteiger partial charge in [0, 0.05) is 12.1 Å². The highest BCUT2D eigenvalue weighted by Crippen LogP contribution is 2.26. The minimum atomic E-state index is -3.89. The second-order valence-corrected chi connectivity index (χ2v) is 8.39. The first-order valence-electron chi connectivity index (χ1n) is 8.65. The van der Waals surface area contributed by atoms with E-state index in [0.29, 0.717) is 16.7 Å². The van der Waals surface area contributed by atoms with E-state index in [1.165, 1.54) is 13.0 Å². The molecule has 146 valence electrons. The summed E-state index contributed by atoms with van der Waals surface area (Å²) in [6, 6.07) is 7.04. The minimum absolute atomic E-state index is 0.0147. The number of halogens is 1. The van der Waals surface area contributed by atoms with Crippen LogP contribution in [0.15, 0.2) is 35.2 Å². The molecular weight excluding hydrogens is 367 g/mol. The molecule has 0 fully saturated rings.